The van der Waals surface area contributed by atoms with Crippen LogP contribution in [0.25, 0.3) is 0 Å². The fraction of sp³-hybridized carbons (Fsp3) is 0.529. The Labute approximate surface area is 125 Å². The van der Waals surface area contributed by atoms with Gasteiger partial charge in [-0.25, -0.2) is 9.59 Å². The van der Waals surface area contributed by atoms with Crippen LogP contribution in [0.4, 0.5) is 0 Å². The van der Waals surface area contributed by atoms with Crippen molar-refractivity contribution < 1.29 is 19.8 Å². The van der Waals surface area contributed by atoms with Crippen LogP contribution in [0.5, 0.6) is 0 Å². The predicted octanol–water partition coefficient (Wildman–Crippen LogP) is 4.29. The lowest BCUT2D eigenvalue weighted by molar-refractivity contribution is 0.0650. The number of aromatic carboxylic acids is 2. The molecule has 0 saturated heterocycles. The Kier molecular flexibility index (Phi) is 6.92. The summed E-state index contributed by atoms with van der Waals surface area (Å²) in [4.78, 5) is 22.6. The molecule has 21 heavy (non-hydrogen) atoms. The average molecular weight is 292 g/mol. The van der Waals surface area contributed by atoms with E-state index in [0.717, 1.165) is 24.8 Å². The van der Waals surface area contributed by atoms with E-state index < -0.39 is 11.9 Å². The van der Waals surface area contributed by atoms with Crippen molar-refractivity contribution in [1.29, 1.82) is 0 Å². The molecule has 4 heteroatoms. The summed E-state index contributed by atoms with van der Waals surface area (Å²) < 4.78 is 0. The normalized spacial score (nSPS) is 10.6. The zero-order chi connectivity index (χ0) is 15.8. The summed E-state index contributed by atoms with van der Waals surface area (Å²) in [5.74, 6) is -2.34. The molecule has 0 unspecified atom stereocenters. The van der Waals surface area contributed by atoms with E-state index in [-0.39, 0.29) is 11.1 Å². The molecule has 0 aromatic heterocycles. The van der Waals surface area contributed by atoms with Gasteiger partial charge in [0.1, 0.15) is 0 Å². The quantitative estimate of drug-likeness (QED) is 0.666. The summed E-state index contributed by atoms with van der Waals surface area (Å²) in [6.45, 7) is 4.00. The van der Waals surface area contributed by atoms with Gasteiger partial charge >= 0.3 is 11.9 Å². The maximum atomic E-state index is 11.4. The van der Waals surface area contributed by atoms with E-state index in [9.17, 15) is 14.7 Å². The van der Waals surface area contributed by atoms with E-state index in [4.69, 9.17) is 5.11 Å². The van der Waals surface area contributed by atoms with Crippen LogP contribution in [-0.4, -0.2) is 22.2 Å². The molecule has 0 saturated carbocycles. The van der Waals surface area contributed by atoms with Crippen molar-refractivity contribution >= 4 is 11.9 Å². The standard InChI is InChI=1S/C17H24O4/c1-3-4-5-6-7-8-9-13-12(2)10-11-14(16(18)19)15(13)17(20)21/h10-11H,3-9H2,1-2H3,(H,18,19)(H,20,21). The molecule has 0 aliphatic carbocycles. The van der Waals surface area contributed by atoms with Gasteiger partial charge in [0.15, 0.2) is 0 Å². The van der Waals surface area contributed by atoms with Crippen molar-refractivity contribution in [3.63, 3.8) is 0 Å². The Bertz CT molecular complexity index is 506. The highest BCUT2D eigenvalue weighted by Gasteiger charge is 2.21. The molecule has 4 nitrogen and oxygen atoms in total. The molecule has 0 amide bonds. The van der Waals surface area contributed by atoms with Crippen molar-refractivity contribution in [1.82, 2.24) is 0 Å². The highest BCUT2D eigenvalue weighted by Crippen LogP contribution is 2.22. The van der Waals surface area contributed by atoms with Gasteiger partial charge in [0.05, 0.1) is 11.1 Å². The number of unbranched alkanes of at least 4 members (excludes halogenated alkanes) is 5. The number of carbonyl (C=O) groups is 2. The molecule has 0 aliphatic rings. The summed E-state index contributed by atoms with van der Waals surface area (Å²) in [7, 11) is 0. The molecule has 116 valence electrons. The molecule has 0 aliphatic heterocycles. The number of aryl methyl sites for hydroxylation is 1. The van der Waals surface area contributed by atoms with Gasteiger partial charge in [-0.15, -0.1) is 0 Å². The van der Waals surface area contributed by atoms with Crippen LogP contribution >= 0.6 is 0 Å². The van der Waals surface area contributed by atoms with E-state index in [1.165, 1.54) is 25.3 Å². The Morgan fingerprint density at radius 3 is 2.14 bits per heavy atom. The molecule has 1 aromatic carbocycles. The second-order valence-electron chi connectivity index (χ2n) is 5.41. The second kappa shape index (κ2) is 8.45. The molecular formula is C17H24O4. The molecule has 0 spiro atoms. The minimum absolute atomic E-state index is 0.0453. The number of benzene rings is 1. The van der Waals surface area contributed by atoms with Crippen molar-refractivity contribution in [3.8, 4) is 0 Å². The fourth-order valence-electron chi connectivity index (χ4n) is 2.58. The van der Waals surface area contributed by atoms with Gasteiger partial charge in [-0.1, -0.05) is 45.1 Å². The predicted molar refractivity (Wildman–Crippen MR) is 82.2 cm³/mol. The van der Waals surface area contributed by atoms with Crippen LogP contribution < -0.4 is 0 Å². The molecule has 0 atom stereocenters. The maximum Gasteiger partial charge on any atom is 0.336 e. The van der Waals surface area contributed by atoms with E-state index in [1.807, 2.05) is 6.92 Å². The molecule has 0 radical (unpaired) electrons. The monoisotopic (exact) mass is 292 g/mol. The topological polar surface area (TPSA) is 74.6 Å². The maximum absolute atomic E-state index is 11.4. The summed E-state index contributed by atoms with van der Waals surface area (Å²) in [5.41, 5.74) is 1.36. The van der Waals surface area contributed by atoms with Crippen LogP contribution in [-0.2, 0) is 6.42 Å². The second-order valence-corrected chi connectivity index (χ2v) is 5.41. The third-order valence-electron chi connectivity index (χ3n) is 3.77. The molecule has 1 aromatic rings. The van der Waals surface area contributed by atoms with Gasteiger partial charge in [-0.05, 0) is 37.0 Å². The third kappa shape index (κ3) is 4.88. The molecule has 1 rings (SSSR count). The summed E-state index contributed by atoms with van der Waals surface area (Å²) in [5, 5.41) is 18.5. The largest absolute Gasteiger partial charge is 0.478 e. The lowest BCUT2D eigenvalue weighted by Crippen LogP contribution is -2.13. The van der Waals surface area contributed by atoms with Gasteiger partial charge in [-0.2, -0.15) is 0 Å². The lowest BCUT2D eigenvalue weighted by atomic mass is 9.92. The van der Waals surface area contributed by atoms with Gasteiger partial charge in [0.2, 0.25) is 0 Å². The lowest BCUT2D eigenvalue weighted by Gasteiger charge is -2.12. The van der Waals surface area contributed by atoms with E-state index in [2.05, 4.69) is 6.92 Å². The van der Waals surface area contributed by atoms with Gasteiger partial charge < -0.3 is 10.2 Å². The van der Waals surface area contributed by atoms with E-state index >= 15 is 0 Å². The molecule has 0 bridgehead atoms. The summed E-state index contributed by atoms with van der Waals surface area (Å²) >= 11 is 0. The van der Waals surface area contributed by atoms with Crippen LogP contribution in [0.15, 0.2) is 12.1 Å². The number of carboxylic acids is 2. The smallest absolute Gasteiger partial charge is 0.336 e. The highest BCUT2D eigenvalue weighted by atomic mass is 16.4. The minimum Gasteiger partial charge on any atom is -0.478 e. The molecule has 0 fully saturated rings. The van der Waals surface area contributed by atoms with E-state index in [1.54, 1.807) is 6.07 Å². The van der Waals surface area contributed by atoms with Crippen LogP contribution in [0.1, 0.15) is 77.3 Å². The summed E-state index contributed by atoms with van der Waals surface area (Å²) in [6.07, 6.45) is 7.35. The Morgan fingerprint density at radius 1 is 0.952 bits per heavy atom. The molecule has 2 N–H and O–H groups in total. The first kappa shape index (κ1) is 17.2. The Hall–Kier alpha value is -1.84. The first-order chi connectivity index (χ1) is 9.99. The van der Waals surface area contributed by atoms with E-state index in [0.29, 0.717) is 12.0 Å². The zero-order valence-corrected chi connectivity index (χ0v) is 12.8. The molecular weight excluding hydrogens is 268 g/mol. The average Bonchev–Trinajstić information content (AvgIpc) is 2.43. The van der Waals surface area contributed by atoms with Crippen LogP contribution in [0.3, 0.4) is 0 Å². The first-order valence-corrected chi connectivity index (χ1v) is 7.58. The van der Waals surface area contributed by atoms with Crippen molar-refractivity contribution in [2.75, 3.05) is 0 Å². The number of rotatable bonds is 9. The first-order valence-electron chi connectivity index (χ1n) is 7.58. The van der Waals surface area contributed by atoms with Crippen LogP contribution in [0.2, 0.25) is 0 Å². The molecule has 0 heterocycles. The number of hydrogen-bond acceptors (Lipinski definition) is 2. The van der Waals surface area contributed by atoms with Crippen LogP contribution in [0, 0.1) is 6.92 Å². The Balaban J connectivity index is 2.82. The van der Waals surface area contributed by atoms with Gasteiger partial charge in [-0.3, -0.25) is 0 Å². The van der Waals surface area contributed by atoms with Crippen molar-refractivity contribution in [2.24, 2.45) is 0 Å². The SMILES string of the molecule is CCCCCCCCc1c(C)ccc(C(=O)O)c1C(=O)O. The third-order valence-corrected chi connectivity index (χ3v) is 3.77. The van der Waals surface area contributed by atoms with Gasteiger partial charge in [0.25, 0.3) is 0 Å². The highest BCUT2D eigenvalue weighted by molar-refractivity contribution is 6.03. The minimum atomic E-state index is -1.18. The summed E-state index contributed by atoms with van der Waals surface area (Å²) in [6, 6.07) is 3.08. The Morgan fingerprint density at radius 2 is 1.57 bits per heavy atom. The zero-order valence-electron chi connectivity index (χ0n) is 12.8. The van der Waals surface area contributed by atoms with Crippen molar-refractivity contribution in [3.05, 3.63) is 34.4 Å². The number of hydrogen-bond donors (Lipinski definition) is 2. The fourth-order valence-corrected chi connectivity index (χ4v) is 2.58. The van der Waals surface area contributed by atoms with Gasteiger partial charge in [0, 0.05) is 0 Å². The van der Waals surface area contributed by atoms with Crippen molar-refractivity contribution in [2.45, 2.75) is 58.8 Å². The number of carboxylic acid groups (broad SMARTS) is 2.